The van der Waals surface area contributed by atoms with E-state index in [1.54, 1.807) is 24.3 Å². The van der Waals surface area contributed by atoms with Gasteiger partial charge >= 0.3 is 0 Å². The maximum Gasteiger partial charge on any atom is 0.240 e. The van der Waals surface area contributed by atoms with Gasteiger partial charge in [-0.15, -0.1) is 11.8 Å². The molecule has 6 heteroatoms. The SMILES string of the molecule is C/C(=N/NC(=O)CCSc1ccc(F)cc1)c1ccc(N)cc1. The molecule has 0 heterocycles. The number of nitrogens with two attached hydrogens (primary N) is 1. The monoisotopic (exact) mass is 331 g/mol. The number of carbonyl (C=O) groups is 1. The van der Waals surface area contributed by atoms with Gasteiger partial charge < -0.3 is 5.73 Å². The molecular weight excluding hydrogens is 313 g/mol. The minimum absolute atomic E-state index is 0.158. The van der Waals surface area contributed by atoms with Crippen molar-refractivity contribution in [2.75, 3.05) is 11.5 Å². The molecule has 2 aromatic carbocycles. The van der Waals surface area contributed by atoms with Crippen molar-refractivity contribution in [2.45, 2.75) is 18.2 Å². The maximum absolute atomic E-state index is 12.8. The van der Waals surface area contributed by atoms with Gasteiger partial charge in [-0.2, -0.15) is 5.10 Å². The van der Waals surface area contributed by atoms with E-state index < -0.39 is 0 Å². The van der Waals surface area contributed by atoms with E-state index in [-0.39, 0.29) is 11.7 Å². The molecule has 0 aliphatic rings. The molecule has 0 aromatic heterocycles. The lowest BCUT2D eigenvalue weighted by atomic mass is 10.1. The first-order valence-electron chi connectivity index (χ1n) is 7.12. The summed E-state index contributed by atoms with van der Waals surface area (Å²) in [5.74, 6) is 0.183. The Morgan fingerprint density at radius 1 is 1.17 bits per heavy atom. The van der Waals surface area contributed by atoms with Crippen LogP contribution in [0.3, 0.4) is 0 Å². The van der Waals surface area contributed by atoms with Crippen molar-refractivity contribution >= 4 is 29.1 Å². The molecule has 0 aliphatic heterocycles. The van der Waals surface area contributed by atoms with E-state index in [4.69, 9.17) is 5.73 Å². The third-order valence-corrected chi connectivity index (χ3v) is 4.10. The molecule has 0 spiro atoms. The molecule has 0 fully saturated rings. The van der Waals surface area contributed by atoms with Gasteiger partial charge in [0.2, 0.25) is 5.91 Å². The van der Waals surface area contributed by atoms with Crippen LogP contribution in [0.4, 0.5) is 10.1 Å². The molecule has 0 radical (unpaired) electrons. The number of halogens is 1. The molecule has 0 bridgehead atoms. The summed E-state index contributed by atoms with van der Waals surface area (Å²) in [5, 5.41) is 4.08. The Balaban J connectivity index is 1.77. The third kappa shape index (κ3) is 5.75. The number of carbonyl (C=O) groups excluding carboxylic acids is 1. The fraction of sp³-hybridized carbons (Fsp3) is 0.176. The summed E-state index contributed by atoms with van der Waals surface area (Å²) in [6, 6.07) is 13.5. The number of nitrogens with one attached hydrogen (secondary N) is 1. The van der Waals surface area contributed by atoms with Crippen molar-refractivity contribution in [3.8, 4) is 0 Å². The number of hydrogen-bond donors (Lipinski definition) is 2. The molecule has 1 amide bonds. The van der Waals surface area contributed by atoms with Crippen LogP contribution in [0, 0.1) is 5.82 Å². The zero-order valence-electron chi connectivity index (χ0n) is 12.8. The topological polar surface area (TPSA) is 67.5 Å². The predicted octanol–water partition coefficient (Wildman–Crippen LogP) is 3.43. The van der Waals surface area contributed by atoms with Crippen LogP contribution in [0.25, 0.3) is 0 Å². The van der Waals surface area contributed by atoms with Crippen LogP contribution in [0.2, 0.25) is 0 Å². The van der Waals surface area contributed by atoms with Crippen molar-refractivity contribution in [1.29, 1.82) is 0 Å². The number of nitrogens with zero attached hydrogens (tertiary/aromatic N) is 1. The Morgan fingerprint density at radius 3 is 2.48 bits per heavy atom. The van der Waals surface area contributed by atoms with Crippen molar-refractivity contribution in [1.82, 2.24) is 5.43 Å². The normalized spacial score (nSPS) is 11.3. The van der Waals surface area contributed by atoms with Gasteiger partial charge in [0.25, 0.3) is 0 Å². The van der Waals surface area contributed by atoms with E-state index in [0.29, 0.717) is 23.6 Å². The van der Waals surface area contributed by atoms with Gasteiger partial charge in [-0.3, -0.25) is 4.79 Å². The zero-order valence-corrected chi connectivity index (χ0v) is 13.6. The van der Waals surface area contributed by atoms with Crippen LogP contribution in [0.1, 0.15) is 18.9 Å². The predicted molar refractivity (Wildman–Crippen MR) is 92.9 cm³/mol. The van der Waals surface area contributed by atoms with Crippen molar-refractivity contribution in [2.24, 2.45) is 5.10 Å². The minimum Gasteiger partial charge on any atom is -0.399 e. The molecular formula is C17H18FN3OS. The van der Waals surface area contributed by atoms with Crippen LogP contribution in [-0.2, 0) is 4.79 Å². The third-order valence-electron chi connectivity index (χ3n) is 3.09. The second-order valence-electron chi connectivity index (χ2n) is 4.91. The fourth-order valence-electron chi connectivity index (χ4n) is 1.78. The summed E-state index contributed by atoms with van der Waals surface area (Å²) in [6.07, 6.45) is 0.334. The number of nitrogen functional groups attached to an aromatic ring is 1. The maximum atomic E-state index is 12.8. The van der Waals surface area contributed by atoms with Gasteiger partial charge in [0.1, 0.15) is 5.82 Å². The van der Waals surface area contributed by atoms with Gasteiger partial charge in [-0.1, -0.05) is 12.1 Å². The lowest BCUT2D eigenvalue weighted by Crippen LogP contribution is -2.19. The largest absolute Gasteiger partial charge is 0.399 e. The van der Waals surface area contributed by atoms with E-state index in [9.17, 15) is 9.18 Å². The van der Waals surface area contributed by atoms with E-state index in [1.165, 1.54) is 23.9 Å². The van der Waals surface area contributed by atoms with Crippen LogP contribution in [-0.4, -0.2) is 17.4 Å². The first-order chi connectivity index (χ1) is 11.0. The number of benzene rings is 2. The Morgan fingerprint density at radius 2 is 1.83 bits per heavy atom. The summed E-state index contributed by atoms with van der Waals surface area (Å²) in [6.45, 7) is 1.82. The first-order valence-corrected chi connectivity index (χ1v) is 8.10. The van der Waals surface area contributed by atoms with Gasteiger partial charge in [0, 0.05) is 22.8 Å². The summed E-state index contributed by atoms with van der Waals surface area (Å²) in [7, 11) is 0. The lowest BCUT2D eigenvalue weighted by molar-refractivity contribution is -0.120. The number of thioether (sulfide) groups is 1. The molecule has 23 heavy (non-hydrogen) atoms. The number of hydrazone groups is 1. The highest BCUT2D eigenvalue weighted by atomic mass is 32.2. The van der Waals surface area contributed by atoms with Crippen molar-refractivity contribution in [3.63, 3.8) is 0 Å². The van der Waals surface area contributed by atoms with Gasteiger partial charge in [-0.05, 0) is 48.9 Å². The van der Waals surface area contributed by atoms with Crippen molar-refractivity contribution in [3.05, 3.63) is 59.9 Å². The molecule has 2 rings (SSSR count). The Bertz CT molecular complexity index is 684. The van der Waals surface area contributed by atoms with Crippen LogP contribution < -0.4 is 11.2 Å². The molecule has 2 aromatic rings. The average molecular weight is 331 g/mol. The smallest absolute Gasteiger partial charge is 0.240 e. The fourth-order valence-corrected chi connectivity index (χ4v) is 2.64. The molecule has 0 saturated heterocycles. The highest BCUT2D eigenvalue weighted by Gasteiger charge is 2.03. The first kappa shape index (κ1) is 17.0. The molecule has 0 saturated carbocycles. The molecule has 0 aliphatic carbocycles. The second-order valence-corrected chi connectivity index (χ2v) is 6.07. The number of hydrogen-bond acceptors (Lipinski definition) is 4. The summed E-state index contributed by atoms with van der Waals surface area (Å²) in [4.78, 5) is 12.7. The highest BCUT2D eigenvalue weighted by Crippen LogP contribution is 2.18. The van der Waals surface area contributed by atoms with Gasteiger partial charge in [0.05, 0.1) is 5.71 Å². The summed E-state index contributed by atoms with van der Waals surface area (Å²) in [5.41, 5.74) is 10.5. The van der Waals surface area contributed by atoms with Crippen molar-refractivity contribution < 1.29 is 9.18 Å². The Labute approximate surface area is 139 Å². The second kappa shape index (κ2) is 8.33. The number of anilines is 1. The average Bonchev–Trinajstić information content (AvgIpc) is 2.55. The van der Waals surface area contributed by atoms with Crippen LogP contribution >= 0.6 is 11.8 Å². The van der Waals surface area contributed by atoms with E-state index >= 15 is 0 Å². The highest BCUT2D eigenvalue weighted by molar-refractivity contribution is 7.99. The molecule has 4 nitrogen and oxygen atoms in total. The van der Waals surface area contributed by atoms with Gasteiger partial charge in [0.15, 0.2) is 0 Å². The quantitative estimate of drug-likeness (QED) is 0.369. The van der Waals surface area contributed by atoms with Crippen LogP contribution in [0.15, 0.2) is 58.5 Å². The molecule has 0 atom stereocenters. The zero-order chi connectivity index (χ0) is 16.7. The Kier molecular flexibility index (Phi) is 6.17. The van der Waals surface area contributed by atoms with E-state index in [0.717, 1.165) is 10.5 Å². The minimum atomic E-state index is -0.264. The van der Waals surface area contributed by atoms with E-state index in [2.05, 4.69) is 10.5 Å². The molecule has 3 N–H and O–H groups in total. The summed E-state index contributed by atoms with van der Waals surface area (Å²) >= 11 is 1.50. The molecule has 120 valence electrons. The van der Waals surface area contributed by atoms with Gasteiger partial charge in [-0.25, -0.2) is 9.82 Å². The molecule has 0 unspecified atom stereocenters. The van der Waals surface area contributed by atoms with E-state index in [1.807, 2.05) is 19.1 Å². The summed E-state index contributed by atoms with van der Waals surface area (Å²) < 4.78 is 12.8. The number of amides is 1. The lowest BCUT2D eigenvalue weighted by Gasteiger charge is -2.04. The Hall–Kier alpha value is -2.34. The van der Waals surface area contributed by atoms with Crippen LogP contribution in [0.5, 0.6) is 0 Å². The number of rotatable bonds is 6. The standard InChI is InChI=1S/C17H18FN3OS/c1-12(13-2-6-15(19)7-3-13)20-21-17(22)10-11-23-16-8-4-14(18)5-9-16/h2-9H,10-11,19H2,1H3,(H,21,22)/b20-12-.